The number of hydrogen-bond donors (Lipinski definition) is 1. The molecule has 0 saturated heterocycles. The molecule has 122 valence electrons. The highest BCUT2D eigenvalue weighted by atomic mass is 32.1. The number of hydrogen-bond acceptors (Lipinski definition) is 4. The van der Waals surface area contributed by atoms with Crippen molar-refractivity contribution in [1.82, 2.24) is 4.98 Å². The third kappa shape index (κ3) is 2.98. The first-order chi connectivity index (χ1) is 11.5. The van der Waals surface area contributed by atoms with E-state index in [1.165, 1.54) is 24.5 Å². The lowest BCUT2D eigenvalue weighted by Crippen LogP contribution is -2.12. The summed E-state index contributed by atoms with van der Waals surface area (Å²) in [5.41, 5.74) is 6.72. The zero-order valence-electron chi connectivity index (χ0n) is 12.5. The number of nitrogens with zero attached hydrogens (tertiary/aromatic N) is 1. The smallest absolute Gasteiger partial charge is 0.249 e. The quantitative estimate of drug-likeness (QED) is 0.780. The van der Waals surface area contributed by atoms with Gasteiger partial charge >= 0.3 is 0 Å². The molecule has 0 bridgehead atoms. The molecule has 0 aliphatic heterocycles. The van der Waals surface area contributed by atoms with Crippen LogP contribution in [0.15, 0.2) is 41.8 Å². The maximum Gasteiger partial charge on any atom is 0.249 e. The zero-order chi connectivity index (χ0) is 17.3. The van der Waals surface area contributed by atoms with Gasteiger partial charge in [-0.3, -0.25) is 4.79 Å². The Hall–Kier alpha value is -2.80. The van der Waals surface area contributed by atoms with Crippen molar-refractivity contribution in [3.8, 4) is 27.6 Å². The highest BCUT2D eigenvalue weighted by Gasteiger charge is 2.16. The van der Waals surface area contributed by atoms with E-state index in [4.69, 9.17) is 10.5 Å². The monoisotopic (exact) mass is 346 g/mol. The third-order valence-electron chi connectivity index (χ3n) is 3.43. The van der Waals surface area contributed by atoms with Crippen LogP contribution in [0.5, 0.6) is 5.75 Å². The number of amides is 1. The highest BCUT2D eigenvalue weighted by molar-refractivity contribution is 7.13. The summed E-state index contributed by atoms with van der Waals surface area (Å²) >= 11 is 1.23. The number of primary amides is 1. The Balaban J connectivity index is 2.09. The average Bonchev–Trinajstić information content (AvgIpc) is 3.03. The zero-order valence-corrected chi connectivity index (χ0v) is 13.4. The first-order valence-corrected chi connectivity index (χ1v) is 7.76. The predicted molar refractivity (Wildman–Crippen MR) is 88.0 cm³/mol. The lowest BCUT2D eigenvalue weighted by Gasteiger charge is -2.06. The summed E-state index contributed by atoms with van der Waals surface area (Å²) in [6, 6.07) is 8.11. The Kier molecular flexibility index (Phi) is 4.26. The van der Waals surface area contributed by atoms with Gasteiger partial charge < -0.3 is 10.5 Å². The Morgan fingerprint density at radius 2 is 1.96 bits per heavy atom. The van der Waals surface area contributed by atoms with Gasteiger partial charge in [-0.1, -0.05) is 0 Å². The number of aromatic nitrogens is 1. The molecule has 24 heavy (non-hydrogen) atoms. The Morgan fingerprint density at radius 1 is 1.17 bits per heavy atom. The average molecular weight is 346 g/mol. The molecular formula is C17H12F2N2O2S. The van der Waals surface area contributed by atoms with E-state index in [9.17, 15) is 13.6 Å². The highest BCUT2D eigenvalue weighted by Crippen LogP contribution is 2.34. The normalized spacial score (nSPS) is 10.6. The van der Waals surface area contributed by atoms with Crippen LogP contribution in [-0.4, -0.2) is 18.0 Å². The van der Waals surface area contributed by atoms with Crippen molar-refractivity contribution in [2.75, 3.05) is 7.11 Å². The van der Waals surface area contributed by atoms with Gasteiger partial charge in [0.05, 0.1) is 12.8 Å². The van der Waals surface area contributed by atoms with E-state index >= 15 is 0 Å². The molecule has 1 heterocycles. The van der Waals surface area contributed by atoms with Crippen LogP contribution in [0.2, 0.25) is 0 Å². The van der Waals surface area contributed by atoms with Crippen molar-refractivity contribution in [2.24, 2.45) is 5.73 Å². The number of nitrogens with two attached hydrogens (primary N) is 1. The molecule has 4 nitrogen and oxygen atoms in total. The number of halogens is 2. The molecule has 0 spiro atoms. The van der Waals surface area contributed by atoms with E-state index < -0.39 is 17.5 Å². The molecule has 0 aliphatic rings. The molecule has 2 N–H and O–H groups in total. The number of carbonyl (C=O) groups is 1. The topological polar surface area (TPSA) is 65.2 Å². The molecule has 0 saturated carbocycles. The minimum Gasteiger partial charge on any atom is -0.497 e. The first kappa shape index (κ1) is 16.1. The van der Waals surface area contributed by atoms with E-state index in [2.05, 4.69) is 4.98 Å². The lowest BCUT2D eigenvalue weighted by atomic mass is 10.1. The fourth-order valence-electron chi connectivity index (χ4n) is 2.26. The fraction of sp³-hybridized carbons (Fsp3) is 0.0588. The van der Waals surface area contributed by atoms with E-state index in [0.29, 0.717) is 22.0 Å². The Bertz CT molecular complexity index is 925. The summed E-state index contributed by atoms with van der Waals surface area (Å²) in [5.74, 6) is -1.42. The predicted octanol–water partition coefficient (Wildman–Crippen LogP) is 3.86. The Labute approximate surface area is 140 Å². The van der Waals surface area contributed by atoms with Crippen LogP contribution in [0.1, 0.15) is 10.4 Å². The van der Waals surface area contributed by atoms with Crippen LogP contribution in [-0.2, 0) is 0 Å². The van der Waals surface area contributed by atoms with E-state index in [1.54, 1.807) is 23.6 Å². The van der Waals surface area contributed by atoms with Crippen molar-refractivity contribution in [1.29, 1.82) is 0 Å². The summed E-state index contributed by atoms with van der Waals surface area (Å²) in [5, 5.41) is 2.12. The maximum atomic E-state index is 13.9. The fourth-order valence-corrected chi connectivity index (χ4v) is 3.11. The van der Waals surface area contributed by atoms with Crippen LogP contribution in [0.25, 0.3) is 21.8 Å². The van der Waals surface area contributed by atoms with Crippen molar-refractivity contribution in [2.45, 2.75) is 0 Å². The Morgan fingerprint density at radius 3 is 2.62 bits per heavy atom. The molecular weight excluding hydrogens is 334 g/mol. The maximum absolute atomic E-state index is 13.9. The van der Waals surface area contributed by atoms with E-state index in [0.717, 1.165) is 12.1 Å². The second-order valence-corrected chi connectivity index (χ2v) is 5.80. The van der Waals surface area contributed by atoms with Gasteiger partial charge in [0.15, 0.2) is 0 Å². The molecule has 7 heteroatoms. The second-order valence-electron chi connectivity index (χ2n) is 4.94. The van der Waals surface area contributed by atoms with Crippen LogP contribution in [0.4, 0.5) is 8.78 Å². The van der Waals surface area contributed by atoms with Crippen LogP contribution >= 0.6 is 11.3 Å². The molecule has 1 aromatic heterocycles. The van der Waals surface area contributed by atoms with Gasteiger partial charge in [-0.15, -0.1) is 11.3 Å². The summed E-state index contributed by atoms with van der Waals surface area (Å²) in [6.45, 7) is 0. The van der Waals surface area contributed by atoms with Gasteiger partial charge in [-0.2, -0.15) is 0 Å². The molecule has 1 amide bonds. The van der Waals surface area contributed by atoms with Gasteiger partial charge in [0.2, 0.25) is 5.91 Å². The minimum atomic E-state index is -0.701. The summed E-state index contributed by atoms with van der Waals surface area (Å²) in [4.78, 5) is 16.0. The van der Waals surface area contributed by atoms with Crippen molar-refractivity contribution in [3.63, 3.8) is 0 Å². The SMILES string of the molecule is COc1ccc(C(N)=O)c(-c2nc(-c3ccc(F)cc3F)cs2)c1. The molecule has 0 atom stereocenters. The summed E-state index contributed by atoms with van der Waals surface area (Å²) < 4.78 is 32.1. The number of methoxy groups -OCH3 is 1. The van der Waals surface area contributed by atoms with Crippen molar-refractivity contribution < 1.29 is 18.3 Å². The molecule has 0 unspecified atom stereocenters. The van der Waals surface area contributed by atoms with Gasteiger partial charge in [-0.25, -0.2) is 13.8 Å². The molecule has 0 fully saturated rings. The molecule has 3 aromatic rings. The van der Waals surface area contributed by atoms with E-state index in [-0.39, 0.29) is 11.1 Å². The summed E-state index contributed by atoms with van der Waals surface area (Å²) in [7, 11) is 1.50. The van der Waals surface area contributed by atoms with Gasteiger partial charge in [-0.05, 0) is 30.3 Å². The molecule has 0 radical (unpaired) electrons. The molecule has 2 aromatic carbocycles. The van der Waals surface area contributed by atoms with Crippen LogP contribution < -0.4 is 10.5 Å². The second kappa shape index (κ2) is 6.37. The van der Waals surface area contributed by atoms with Crippen molar-refractivity contribution in [3.05, 3.63) is 59.0 Å². The van der Waals surface area contributed by atoms with E-state index in [1.807, 2.05) is 0 Å². The van der Waals surface area contributed by atoms with Crippen LogP contribution in [0.3, 0.4) is 0 Å². The number of benzene rings is 2. The molecule has 0 aliphatic carbocycles. The van der Waals surface area contributed by atoms with Crippen molar-refractivity contribution >= 4 is 17.2 Å². The summed E-state index contributed by atoms with van der Waals surface area (Å²) in [6.07, 6.45) is 0. The number of thiazole rings is 1. The lowest BCUT2D eigenvalue weighted by molar-refractivity contribution is 0.100. The number of ether oxygens (including phenoxy) is 1. The number of rotatable bonds is 4. The molecule has 3 rings (SSSR count). The van der Waals surface area contributed by atoms with Gasteiger partial charge in [0, 0.05) is 28.1 Å². The van der Waals surface area contributed by atoms with Gasteiger partial charge in [0.1, 0.15) is 22.4 Å². The van der Waals surface area contributed by atoms with Gasteiger partial charge in [0.25, 0.3) is 0 Å². The number of carbonyl (C=O) groups excluding carboxylic acids is 1. The minimum absolute atomic E-state index is 0.183. The third-order valence-corrected chi connectivity index (χ3v) is 4.31. The van der Waals surface area contributed by atoms with Crippen LogP contribution in [0, 0.1) is 11.6 Å². The largest absolute Gasteiger partial charge is 0.497 e. The standard InChI is InChI=1S/C17H12F2N2O2S/c1-23-10-3-5-11(16(20)22)13(7-10)17-21-15(8-24-17)12-4-2-9(18)6-14(12)19/h2-8H,1H3,(H2,20,22). The first-order valence-electron chi connectivity index (χ1n) is 6.88.